The Bertz CT molecular complexity index is 1770. The summed E-state index contributed by atoms with van der Waals surface area (Å²) in [5.41, 5.74) is 10.3. The number of hydrogen-bond acceptors (Lipinski definition) is 6. The number of hydrazone groups is 2. The van der Waals surface area contributed by atoms with Gasteiger partial charge in [-0.25, -0.2) is 20.0 Å². The fourth-order valence-electron chi connectivity index (χ4n) is 4.36. The topological polar surface area (TPSA) is 99.5 Å². The van der Waals surface area contributed by atoms with Gasteiger partial charge in [0.25, 0.3) is 0 Å². The summed E-state index contributed by atoms with van der Waals surface area (Å²) in [5.74, 6) is -1.83. The summed E-state index contributed by atoms with van der Waals surface area (Å²) in [7, 11) is 4.06. The largest absolute Gasteiger partial charge is 0.345 e. The number of rotatable bonds is 6. The third-order valence-corrected chi connectivity index (χ3v) is 8.34. The van der Waals surface area contributed by atoms with Gasteiger partial charge in [0.2, 0.25) is 0 Å². The van der Waals surface area contributed by atoms with Crippen LogP contribution in [0.4, 0.5) is 0 Å². The van der Waals surface area contributed by atoms with Crippen LogP contribution in [-0.4, -0.2) is 33.0 Å². The Labute approximate surface area is 236 Å². The van der Waals surface area contributed by atoms with E-state index in [1.165, 1.54) is 12.4 Å². The monoisotopic (exact) mass is 568 g/mol. The molecule has 0 atom stereocenters. The molecule has 2 aromatic carbocycles. The van der Waals surface area contributed by atoms with Crippen LogP contribution >= 0.6 is 22.7 Å². The van der Waals surface area contributed by atoms with Crippen molar-refractivity contribution < 1.29 is 18.7 Å². The van der Waals surface area contributed by atoms with E-state index in [0.29, 0.717) is 0 Å². The van der Waals surface area contributed by atoms with E-state index in [1.54, 1.807) is 22.7 Å². The summed E-state index contributed by atoms with van der Waals surface area (Å²) in [6, 6.07) is 15.5. The Morgan fingerprint density at radius 1 is 0.700 bits per heavy atom. The first-order chi connectivity index (χ1) is 19.5. The quantitative estimate of drug-likeness (QED) is 0.140. The van der Waals surface area contributed by atoms with E-state index in [2.05, 4.69) is 51.4 Å². The first-order valence-electron chi connectivity index (χ1n) is 12.2. The van der Waals surface area contributed by atoms with E-state index in [-0.39, 0.29) is 0 Å². The molecule has 6 rings (SSSR count). The molecule has 0 fully saturated rings. The van der Waals surface area contributed by atoms with E-state index >= 15 is 0 Å². The van der Waals surface area contributed by atoms with Crippen LogP contribution in [-0.2, 0) is 23.7 Å². The smallest absolute Gasteiger partial charge is 0.262 e. The van der Waals surface area contributed by atoms with Gasteiger partial charge in [-0.1, -0.05) is 46.9 Å². The van der Waals surface area contributed by atoms with Crippen LogP contribution in [0.1, 0.15) is 11.1 Å². The Kier molecular flexibility index (Phi) is 6.76. The van der Waals surface area contributed by atoms with Crippen LogP contribution in [0.25, 0.3) is 32.4 Å². The fraction of sp³-hybridized carbons (Fsp3) is 0.0714. The van der Waals surface area contributed by atoms with E-state index in [1.807, 2.05) is 85.8 Å². The standard InChI is InChI=1S/C28H22N8O2S2/c1-33-23(17-35-11-13-39-27(33)35)21-7-3-19(4-8-21)15-29-31-25(37)26(38)32-30-16-20-5-9-22(10-6-20)24-18-36-12-14-40-28(36)34(24)2/h3-18H,1-2H3/p+2/b29-15+,30-16+. The molecule has 2 N–H and O–H groups in total. The Hall–Kier alpha value is -4.94. The van der Waals surface area contributed by atoms with E-state index < -0.39 is 11.8 Å². The molecule has 4 heterocycles. The second-order valence-electron chi connectivity index (χ2n) is 8.97. The van der Waals surface area contributed by atoms with Gasteiger partial charge in [-0.3, -0.25) is 9.59 Å². The Morgan fingerprint density at radius 3 is 1.48 bits per heavy atom. The normalized spacial score (nSPS) is 11.8. The molecule has 12 heteroatoms. The minimum atomic E-state index is -0.914. The van der Waals surface area contributed by atoms with Crippen molar-refractivity contribution in [3.8, 4) is 22.5 Å². The molecule has 4 aromatic heterocycles. The maximum atomic E-state index is 12.1. The molecule has 0 aliphatic rings. The van der Waals surface area contributed by atoms with Gasteiger partial charge in [0.05, 0.1) is 26.5 Å². The van der Waals surface area contributed by atoms with Gasteiger partial charge in [0.1, 0.15) is 24.8 Å². The van der Waals surface area contributed by atoms with Gasteiger partial charge in [-0.05, 0) is 35.4 Å². The molecule has 6 aromatic rings. The number of fused-ring (bicyclic) bond motifs is 2. The minimum Gasteiger partial charge on any atom is -0.262 e. The van der Waals surface area contributed by atoms with Crippen LogP contribution in [0, 0.1) is 0 Å². The zero-order chi connectivity index (χ0) is 27.6. The van der Waals surface area contributed by atoms with E-state index in [4.69, 9.17) is 0 Å². The lowest BCUT2D eigenvalue weighted by Gasteiger charge is -2.00. The van der Waals surface area contributed by atoms with Gasteiger partial charge in [0, 0.05) is 21.9 Å². The SMILES string of the molecule is C[n+]1c(-c2ccc(/C=N/NC(=O)C(=O)N/N=C/c3ccc(-c4cn5ccsc5[n+]4C)cc3)cc2)cn2ccsc21. The van der Waals surface area contributed by atoms with E-state index in [0.717, 1.165) is 43.6 Å². The summed E-state index contributed by atoms with van der Waals surface area (Å²) < 4.78 is 8.44. The molecule has 0 saturated heterocycles. The minimum absolute atomic E-state index is 0.781. The number of benzene rings is 2. The highest BCUT2D eigenvalue weighted by Crippen LogP contribution is 2.21. The number of amides is 2. The molecule has 0 bridgehead atoms. The van der Waals surface area contributed by atoms with Gasteiger partial charge < -0.3 is 0 Å². The number of thiazole rings is 2. The van der Waals surface area contributed by atoms with E-state index in [9.17, 15) is 9.59 Å². The molecule has 2 amide bonds. The zero-order valence-electron chi connectivity index (χ0n) is 21.6. The summed E-state index contributed by atoms with van der Waals surface area (Å²) in [4.78, 5) is 26.4. The van der Waals surface area contributed by atoms with Gasteiger partial charge in [-0.15, -0.1) is 0 Å². The second kappa shape index (κ2) is 10.7. The number of nitrogens with zero attached hydrogens (tertiary/aromatic N) is 6. The maximum absolute atomic E-state index is 12.1. The van der Waals surface area contributed by atoms with Crippen molar-refractivity contribution >= 4 is 56.8 Å². The number of carbonyl (C=O) groups excluding carboxylic acids is 2. The number of hydrogen-bond donors (Lipinski definition) is 2. The summed E-state index contributed by atoms with van der Waals surface area (Å²) in [5, 5.41) is 11.9. The lowest BCUT2D eigenvalue weighted by molar-refractivity contribution is -0.631. The molecule has 0 saturated carbocycles. The maximum Gasteiger partial charge on any atom is 0.345 e. The average molecular weight is 569 g/mol. The third kappa shape index (κ3) is 4.93. The molecule has 0 aliphatic carbocycles. The van der Waals surface area contributed by atoms with Crippen LogP contribution in [0.15, 0.2) is 94.3 Å². The molecule has 0 spiro atoms. The number of aryl methyl sites for hydroxylation is 2. The average Bonchev–Trinajstić information content (AvgIpc) is 3.74. The Morgan fingerprint density at radius 2 is 1.10 bits per heavy atom. The second-order valence-corrected chi connectivity index (χ2v) is 10.7. The highest BCUT2D eigenvalue weighted by molar-refractivity contribution is 7.15. The highest BCUT2D eigenvalue weighted by Gasteiger charge is 2.18. The summed E-state index contributed by atoms with van der Waals surface area (Å²) in [6.07, 6.45) is 11.2. The van der Waals surface area contributed by atoms with Crippen LogP contribution < -0.4 is 20.0 Å². The predicted octanol–water partition coefficient (Wildman–Crippen LogP) is 2.90. The van der Waals surface area contributed by atoms with Gasteiger partial charge in [0.15, 0.2) is 11.4 Å². The van der Waals surface area contributed by atoms with Crippen molar-refractivity contribution in [2.75, 3.05) is 0 Å². The van der Waals surface area contributed by atoms with Crippen molar-refractivity contribution in [1.82, 2.24) is 19.7 Å². The molecule has 0 radical (unpaired) electrons. The molecular weight excluding hydrogens is 544 g/mol. The van der Waals surface area contributed by atoms with Gasteiger partial charge >= 0.3 is 21.7 Å². The predicted molar refractivity (Wildman–Crippen MR) is 155 cm³/mol. The highest BCUT2D eigenvalue weighted by atomic mass is 32.1. The lowest BCUT2D eigenvalue weighted by Crippen LogP contribution is -2.35. The van der Waals surface area contributed by atoms with Crippen molar-refractivity contribution in [2.24, 2.45) is 24.3 Å². The number of nitrogens with one attached hydrogen (secondary N) is 2. The van der Waals surface area contributed by atoms with Crippen molar-refractivity contribution in [3.63, 3.8) is 0 Å². The summed E-state index contributed by atoms with van der Waals surface area (Å²) in [6.45, 7) is 0. The first kappa shape index (κ1) is 25.3. The summed E-state index contributed by atoms with van der Waals surface area (Å²) >= 11 is 3.35. The van der Waals surface area contributed by atoms with Crippen molar-refractivity contribution in [2.45, 2.75) is 0 Å². The number of carbonyl (C=O) groups is 2. The van der Waals surface area contributed by atoms with Crippen LogP contribution in [0.5, 0.6) is 0 Å². The Balaban J connectivity index is 1.00. The number of aromatic nitrogens is 4. The fourth-order valence-corrected chi connectivity index (χ4v) is 5.97. The molecule has 0 unspecified atom stereocenters. The van der Waals surface area contributed by atoms with Crippen molar-refractivity contribution in [3.05, 3.63) is 95.2 Å². The van der Waals surface area contributed by atoms with Crippen LogP contribution in [0.3, 0.4) is 0 Å². The lowest BCUT2D eigenvalue weighted by atomic mass is 10.1. The first-order valence-corrected chi connectivity index (χ1v) is 14.0. The van der Waals surface area contributed by atoms with Gasteiger partial charge in [-0.2, -0.15) is 19.0 Å². The van der Waals surface area contributed by atoms with Crippen LogP contribution in [0.2, 0.25) is 0 Å². The zero-order valence-corrected chi connectivity index (χ0v) is 23.2. The number of imidazole rings is 2. The molecule has 198 valence electrons. The molecule has 0 aliphatic heterocycles. The van der Waals surface area contributed by atoms with Crippen molar-refractivity contribution in [1.29, 1.82) is 0 Å². The molecule has 40 heavy (non-hydrogen) atoms. The third-order valence-electron chi connectivity index (χ3n) is 6.43. The molecule has 10 nitrogen and oxygen atoms in total. The molecular formula is C28H24N8O2S2+2.